The van der Waals surface area contributed by atoms with Crippen LogP contribution in [0.5, 0.6) is 0 Å². The van der Waals surface area contributed by atoms with Crippen molar-refractivity contribution >= 4 is 104 Å². The topological polar surface area (TPSA) is 9.72 Å². The van der Waals surface area contributed by atoms with E-state index in [1.165, 1.54) is 110 Å². The van der Waals surface area contributed by atoms with Crippen LogP contribution >= 0.6 is 22.7 Å². The Labute approximate surface area is 347 Å². The second-order valence-electron chi connectivity index (χ2n) is 16.2. The Balaban J connectivity index is 1.15. The molecular weight excluding hydrogens is 742 g/mol. The van der Waals surface area contributed by atoms with Crippen LogP contribution in [0.2, 0.25) is 0 Å². The molecule has 0 saturated heterocycles. The van der Waals surface area contributed by atoms with Crippen LogP contribution < -0.4 is 29.7 Å². The van der Waals surface area contributed by atoms with E-state index in [0.717, 1.165) is 25.9 Å². The lowest BCUT2D eigenvalue weighted by Gasteiger charge is -2.48. The van der Waals surface area contributed by atoms with Crippen LogP contribution in [-0.2, 0) is 12.8 Å². The summed E-state index contributed by atoms with van der Waals surface area (Å²) >= 11 is 4.02. The molecule has 2 aromatic heterocycles. The summed E-state index contributed by atoms with van der Waals surface area (Å²) < 4.78 is 5.64. The fourth-order valence-electron chi connectivity index (χ4n) is 10.7. The van der Waals surface area contributed by atoms with Crippen molar-refractivity contribution < 1.29 is 0 Å². The zero-order valence-corrected chi connectivity index (χ0v) is 33.6. The number of rotatable bonds is 4. The first-order valence-corrected chi connectivity index (χ1v) is 22.3. The smallest absolute Gasteiger partial charge is 0.277 e. The highest BCUT2D eigenvalue weighted by molar-refractivity contribution is 7.40. The molecule has 0 atom stereocenters. The Morgan fingerprint density at radius 3 is 1.28 bits per heavy atom. The van der Waals surface area contributed by atoms with E-state index >= 15 is 0 Å². The summed E-state index contributed by atoms with van der Waals surface area (Å²) in [6.45, 7) is 2.39. The van der Waals surface area contributed by atoms with Gasteiger partial charge in [0.2, 0.25) is 0 Å². The quantitative estimate of drug-likeness (QED) is 0.165. The van der Waals surface area contributed by atoms with Gasteiger partial charge in [-0.3, -0.25) is 0 Å². The Kier molecular flexibility index (Phi) is 7.22. The molecule has 0 N–H and O–H groups in total. The first-order valence-electron chi connectivity index (χ1n) is 20.7. The van der Waals surface area contributed by atoms with Gasteiger partial charge in [-0.15, -0.1) is 22.7 Å². The largest absolute Gasteiger partial charge is 0.371 e. The van der Waals surface area contributed by atoms with Crippen molar-refractivity contribution in [3.63, 3.8) is 0 Å². The highest BCUT2D eigenvalue weighted by Gasteiger charge is 2.50. The molecule has 4 aliphatic heterocycles. The van der Waals surface area contributed by atoms with E-state index in [1.54, 1.807) is 11.1 Å². The number of nitrogens with zero attached hydrogens (tertiary/aromatic N) is 3. The molecule has 0 aliphatic carbocycles. The lowest BCUT2D eigenvalue weighted by Crippen LogP contribution is -2.60. The van der Waals surface area contributed by atoms with Crippen LogP contribution in [0.15, 0.2) is 158 Å². The van der Waals surface area contributed by atoms with Crippen molar-refractivity contribution in [3.05, 3.63) is 169 Å². The molecule has 58 heavy (non-hydrogen) atoms. The molecule has 6 heteroatoms. The Morgan fingerprint density at radius 2 is 0.810 bits per heavy atom. The van der Waals surface area contributed by atoms with Gasteiger partial charge in [0.1, 0.15) is 0 Å². The lowest BCUT2D eigenvalue weighted by molar-refractivity contribution is 0.635. The highest BCUT2D eigenvalue weighted by atomic mass is 32.1. The molecule has 3 nitrogen and oxygen atoms in total. The molecule has 0 fully saturated rings. The first-order chi connectivity index (χ1) is 28.8. The highest BCUT2D eigenvalue weighted by Crippen LogP contribution is 2.56. The molecule has 0 radical (unpaired) electrons. The molecule has 9 aromatic rings. The molecule has 13 rings (SSSR count). The van der Waals surface area contributed by atoms with E-state index in [4.69, 9.17) is 0 Å². The molecule has 0 bridgehead atoms. The third-order valence-electron chi connectivity index (χ3n) is 13.0. The minimum Gasteiger partial charge on any atom is -0.371 e. The Morgan fingerprint density at radius 1 is 0.397 bits per heavy atom. The molecule has 7 aromatic carbocycles. The minimum absolute atomic E-state index is 0.142. The van der Waals surface area contributed by atoms with E-state index in [1.807, 2.05) is 22.7 Å². The number of hydrogen-bond acceptors (Lipinski definition) is 5. The number of anilines is 7. The van der Waals surface area contributed by atoms with Crippen molar-refractivity contribution in [2.24, 2.45) is 0 Å². The molecule has 0 spiro atoms. The van der Waals surface area contributed by atoms with Crippen LogP contribution in [0.25, 0.3) is 42.4 Å². The van der Waals surface area contributed by atoms with E-state index in [2.05, 4.69) is 172 Å². The van der Waals surface area contributed by atoms with Gasteiger partial charge in [0.25, 0.3) is 6.71 Å². The molecule has 0 unspecified atom stereocenters. The predicted molar refractivity (Wildman–Crippen MR) is 251 cm³/mol. The Bertz CT molecular complexity index is 2870. The molecule has 0 saturated carbocycles. The fraction of sp³-hybridized carbons (Fsp3) is 0.115. The standard InChI is InChI=1S/C52H38BN3S2/c1-3-13-33(14-4-1)35-23-27-37(28-24-35)55-47-41-19-11-31-54-32-12-20-42(46(41)54)48-45(47)53(51-49(55)39-17-7-9-21-43(39)57-51)52-50(40-18-8-10-22-44(40)58-52)56(48)38-29-25-36(26-30-38)34-15-5-2-6-16-34/h1-10,13-18,21-30H,11-12,19-20,31-32H2. The van der Waals surface area contributed by atoms with Crippen LogP contribution in [0.1, 0.15) is 24.0 Å². The number of fused-ring (bicyclic) bond motifs is 10. The number of benzene rings is 7. The second-order valence-corrected chi connectivity index (χ2v) is 18.3. The SMILES string of the molecule is c1ccc(-c2ccc(N3c4c5c6c(c7c4B(c4sc8ccccc8c43)c3sc4ccccc4c3N7c3ccc(-c4ccccc4)cc3)CCCN6CCC5)cc2)cc1. The van der Waals surface area contributed by atoms with Crippen LogP contribution in [0.3, 0.4) is 0 Å². The van der Waals surface area contributed by atoms with E-state index in [0.29, 0.717) is 0 Å². The summed E-state index contributed by atoms with van der Waals surface area (Å²) in [5.74, 6) is 0. The zero-order chi connectivity index (χ0) is 37.9. The van der Waals surface area contributed by atoms with Crippen LogP contribution in [0.4, 0.5) is 39.8 Å². The number of hydrogen-bond donors (Lipinski definition) is 0. The van der Waals surface area contributed by atoms with E-state index in [-0.39, 0.29) is 6.71 Å². The van der Waals surface area contributed by atoms with Gasteiger partial charge in [0.05, 0.1) is 11.4 Å². The lowest BCUT2D eigenvalue weighted by atomic mass is 9.38. The third kappa shape index (κ3) is 4.67. The molecule has 4 aliphatic rings. The maximum atomic E-state index is 2.75. The van der Waals surface area contributed by atoms with Crippen molar-refractivity contribution in [1.29, 1.82) is 0 Å². The minimum atomic E-state index is 0.142. The van der Waals surface area contributed by atoms with Crippen LogP contribution in [0, 0.1) is 0 Å². The van der Waals surface area contributed by atoms with E-state index < -0.39 is 0 Å². The monoisotopic (exact) mass is 779 g/mol. The van der Waals surface area contributed by atoms with Crippen molar-refractivity contribution in [3.8, 4) is 22.3 Å². The first kappa shape index (κ1) is 33.0. The van der Waals surface area contributed by atoms with Gasteiger partial charge in [-0.1, -0.05) is 121 Å². The van der Waals surface area contributed by atoms with Gasteiger partial charge >= 0.3 is 0 Å². The summed E-state index contributed by atoms with van der Waals surface area (Å²) in [7, 11) is 0. The molecule has 6 heterocycles. The fourth-order valence-corrected chi connectivity index (χ4v) is 13.3. The summed E-state index contributed by atoms with van der Waals surface area (Å²) in [5.41, 5.74) is 19.1. The van der Waals surface area contributed by atoms with Crippen molar-refractivity contribution in [2.45, 2.75) is 25.7 Å². The zero-order valence-electron chi connectivity index (χ0n) is 32.0. The van der Waals surface area contributed by atoms with Gasteiger partial charge in [-0.2, -0.15) is 0 Å². The van der Waals surface area contributed by atoms with Gasteiger partial charge in [0.15, 0.2) is 0 Å². The van der Waals surface area contributed by atoms with Crippen LogP contribution in [-0.4, -0.2) is 19.8 Å². The maximum absolute atomic E-state index is 2.75. The van der Waals surface area contributed by atoms with Gasteiger partial charge in [-0.25, -0.2) is 0 Å². The predicted octanol–water partition coefficient (Wildman–Crippen LogP) is 12.2. The second kappa shape index (κ2) is 12.7. The summed E-state index contributed by atoms with van der Waals surface area (Å²) in [4.78, 5) is 8.17. The van der Waals surface area contributed by atoms with Gasteiger partial charge in [0, 0.05) is 71.3 Å². The summed E-state index contributed by atoms with van der Waals surface area (Å²) in [6.07, 6.45) is 4.55. The normalized spacial score (nSPS) is 15.0. The van der Waals surface area contributed by atoms with E-state index in [9.17, 15) is 0 Å². The number of thiophene rings is 2. The average Bonchev–Trinajstić information content (AvgIpc) is 3.87. The average molecular weight is 780 g/mol. The van der Waals surface area contributed by atoms with Crippen molar-refractivity contribution in [1.82, 2.24) is 0 Å². The van der Waals surface area contributed by atoms with Crippen molar-refractivity contribution in [2.75, 3.05) is 27.8 Å². The molecule has 276 valence electrons. The maximum Gasteiger partial charge on any atom is 0.277 e. The third-order valence-corrected chi connectivity index (χ3v) is 15.5. The summed E-state index contributed by atoms with van der Waals surface area (Å²) in [6, 6.07) is 58.8. The molecule has 0 amide bonds. The van der Waals surface area contributed by atoms with Gasteiger partial charge in [-0.05, 0) is 101 Å². The summed E-state index contributed by atoms with van der Waals surface area (Å²) in [5, 5.41) is 2.70. The molecular formula is C52H38BN3S2. The van der Waals surface area contributed by atoms with Gasteiger partial charge < -0.3 is 14.7 Å². The Hall–Kier alpha value is -6.08.